The number of hydrogen-bond acceptors (Lipinski definition) is 6. The van der Waals surface area contributed by atoms with Crippen LogP contribution in [0.4, 0.5) is 4.79 Å². The molecule has 2 aromatic rings. The van der Waals surface area contributed by atoms with E-state index in [4.69, 9.17) is 14.5 Å². The highest BCUT2D eigenvalue weighted by Gasteiger charge is 2.20. The summed E-state index contributed by atoms with van der Waals surface area (Å²) in [5.41, 5.74) is 2.87. The van der Waals surface area contributed by atoms with Crippen molar-refractivity contribution in [3.05, 3.63) is 23.5 Å². The molecular weight excluding hydrogens is 394 g/mol. The van der Waals surface area contributed by atoms with Crippen LogP contribution in [0.25, 0.3) is 11.4 Å². The highest BCUT2D eigenvalue weighted by atomic mass is 16.6. The average Bonchev–Trinajstić information content (AvgIpc) is 3.15. The van der Waals surface area contributed by atoms with E-state index in [2.05, 4.69) is 17.2 Å². The number of pyridine rings is 1. The Morgan fingerprint density at radius 1 is 1.23 bits per heavy atom. The van der Waals surface area contributed by atoms with Crippen molar-refractivity contribution in [1.82, 2.24) is 24.9 Å². The smallest absolute Gasteiger partial charge is 0.410 e. The molecule has 3 rings (SSSR count). The van der Waals surface area contributed by atoms with Gasteiger partial charge in [-0.15, -0.1) is 5.10 Å². The molecular formula is C23H35N5O3. The van der Waals surface area contributed by atoms with Gasteiger partial charge < -0.3 is 14.4 Å². The number of hydrogen-bond donors (Lipinski definition) is 0. The lowest BCUT2D eigenvalue weighted by Crippen LogP contribution is -2.32. The molecule has 8 nitrogen and oxygen atoms in total. The Kier molecular flexibility index (Phi) is 8.26. The minimum Gasteiger partial charge on any atom is -0.489 e. The fraction of sp³-hybridized carbons (Fsp3) is 0.652. The molecule has 1 saturated carbocycles. The number of carbonyl (C=O) groups excluding carboxylic acids is 1. The molecule has 0 saturated heterocycles. The summed E-state index contributed by atoms with van der Waals surface area (Å²) in [4.78, 5) is 18.9. The summed E-state index contributed by atoms with van der Waals surface area (Å²) >= 11 is 0. The van der Waals surface area contributed by atoms with Gasteiger partial charge in [-0.25, -0.2) is 14.5 Å². The maximum absolute atomic E-state index is 12.4. The molecule has 0 atom stereocenters. The lowest BCUT2D eigenvalue weighted by molar-refractivity contribution is 0.0955. The molecule has 0 aromatic carbocycles. The number of unbranched alkanes of at least 4 members (excludes halogenated alkanes) is 1. The maximum Gasteiger partial charge on any atom is 0.410 e. The van der Waals surface area contributed by atoms with E-state index in [-0.39, 0.29) is 18.8 Å². The second-order valence-electron chi connectivity index (χ2n) is 8.15. The number of rotatable bonds is 9. The van der Waals surface area contributed by atoms with Crippen molar-refractivity contribution < 1.29 is 14.3 Å². The van der Waals surface area contributed by atoms with Crippen LogP contribution >= 0.6 is 0 Å². The zero-order chi connectivity index (χ0) is 22.2. The van der Waals surface area contributed by atoms with Crippen molar-refractivity contribution in [2.75, 3.05) is 13.1 Å². The van der Waals surface area contributed by atoms with Crippen molar-refractivity contribution in [1.29, 1.82) is 0 Å². The lowest BCUT2D eigenvalue weighted by atomic mass is 9.98. The number of aromatic nitrogens is 4. The highest BCUT2D eigenvalue weighted by molar-refractivity contribution is 5.68. The number of ether oxygens (including phenoxy) is 2. The summed E-state index contributed by atoms with van der Waals surface area (Å²) < 4.78 is 13.4. The second-order valence-corrected chi connectivity index (χ2v) is 8.15. The van der Waals surface area contributed by atoms with Crippen molar-refractivity contribution in [2.45, 2.75) is 78.4 Å². The topological polar surface area (TPSA) is 82.4 Å². The van der Waals surface area contributed by atoms with E-state index in [9.17, 15) is 4.79 Å². The van der Waals surface area contributed by atoms with Gasteiger partial charge in [-0.05, 0) is 58.1 Å². The van der Waals surface area contributed by atoms with Crippen LogP contribution in [0.2, 0.25) is 0 Å². The Morgan fingerprint density at radius 2 is 2.00 bits per heavy atom. The summed E-state index contributed by atoms with van der Waals surface area (Å²) in [5, 5.41) is 8.39. The quantitative estimate of drug-likeness (QED) is 0.577. The van der Waals surface area contributed by atoms with Gasteiger partial charge in [0.25, 0.3) is 0 Å². The van der Waals surface area contributed by atoms with Gasteiger partial charge in [0.1, 0.15) is 23.7 Å². The first-order valence-electron chi connectivity index (χ1n) is 11.5. The predicted octanol–water partition coefficient (Wildman–Crippen LogP) is 4.66. The highest BCUT2D eigenvalue weighted by Crippen LogP contribution is 2.28. The van der Waals surface area contributed by atoms with Gasteiger partial charge in [0, 0.05) is 20.1 Å². The Morgan fingerprint density at radius 3 is 2.68 bits per heavy atom. The monoisotopic (exact) mass is 429 g/mol. The minimum atomic E-state index is -0.316. The van der Waals surface area contributed by atoms with Crippen LogP contribution in [0.5, 0.6) is 5.75 Å². The van der Waals surface area contributed by atoms with Crippen molar-refractivity contribution >= 4 is 6.09 Å². The molecule has 1 aliphatic carbocycles. The third kappa shape index (κ3) is 5.95. The first kappa shape index (κ1) is 23.0. The molecule has 0 radical (unpaired) electrons. The first-order valence-corrected chi connectivity index (χ1v) is 11.5. The van der Waals surface area contributed by atoms with Crippen molar-refractivity contribution in [2.24, 2.45) is 7.05 Å². The van der Waals surface area contributed by atoms with E-state index in [0.29, 0.717) is 30.2 Å². The van der Waals surface area contributed by atoms with Gasteiger partial charge in [-0.3, -0.25) is 0 Å². The Labute approximate surface area is 184 Å². The zero-order valence-corrected chi connectivity index (χ0v) is 19.3. The molecule has 8 heteroatoms. The molecule has 0 spiro atoms. The van der Waals surface area contributed by atoms with Crippen LogP contribution in [0, 0.1) is 6.92 Å². The normalized spacial score (nSPS) is 14.5. The van der Waals surface area contributed by atoms with Crippen LogP contribution in [0.1, 0.15) is 70.2 Å². The molecule has 0 unspecified atom stereocenters. The van der Waals surface area contributed by atoms with Gasteiger partial charge in [0.15, 0.2) is 0 Å². The van der Waals surface area contributed by atoms with Gasteiger partial charge in [0.2, 0.25) is 0 Å². The maximum atomic E-state index is 12.4. The molecule has 1 fully saturated rings. The van der Waals surface area contributed by atoms with Crippen molar-refractivity contribution in [3.63, 3.8) is 0 Å². The SMILES string of the molecule is CCCCN(CC)C(=O)OCc1c(-c2ccc(OC3CCCCC3)c(C)n2)nnn1C. The van der Waals surface area contributed by atoms with Crippen LogP contribution < -0.4 is 4.74 Å². The van der Waals surface area contributed by atoms with E-state index >= 15 is 0 Å². The summed E-state index contributed by atoms with van der Waals surface area (Å²) in [5.74, 6) is 0.821. The molecule has 0 N–H and O–H groups in total. The number of aryl methyl sites for hydroxylation is 2. The Balaban J connectivity index is 1.69. The lowest BCUT2D eigenvalue weighted by Gasteiger charge is -2.23. The summed E-state index contributed by atoms with van der Waals surface area (Å²) in [7, 11) is 1.79. The molecule has 2 heterocycles. The van der Waals surface area contributed by atoms with E-state index in [1.807, 2.05) is 26.0 Å². The first-order chi connectivity index (χ1) is 15.0. The average molecular weight is 430 g/mol. The van der Waals surface area contributed by atoms with Crippen molar-refractivity contribution in [3.8, 4) is 17.1 Å². The van der Waals surface area contributed by atoms with Crippen LogP contribution in [-0.4, -0.2) is 50.2 Å². The number of carbonyl (C=O) groups is 1. The van der Waals surface area contributed by atoms with E-state index in [0.717, 1.165) is 37.1 Å². The zero-order valence-electron chi connectivity index (χ0n) is 19.3. The molecule has 31 heavy (non-hydrogen) atoms. The molecule has 1 aliphatic rings. The third-order valence-electron chi connectivity index (χ3n) is 5.82. The van der Waals surface area contributed by atoms with Crippen LogP contribution in [0.3, 0.4) is 0 Å². The summed E-state index contributed by atoms with van der Waals surface area (Å²) in [6, 6.07) is 3.86. The molecule has 1 amide bonds. The molecule has 0 bridgehead atoms. The Bertz CT molecular complexity index is 861. The predicted molar refractivity (Wildman–Crippen MR) is 119 cm³/mol. The van der Waals surface area contributed by atoms with Gasteiger partial charge in [-0.2, -0.15) is 0 Å². The Hall–Kier alpha value is -2.64. The van der Waals surface area contributed by atoms with E-state index in [1.54, 1.807) is 16.6 Å². The van der Waals surface area contributed by atoms with Crippen LogP contribution in [0.15, 0.2) is 12.1 Å². The second kappa shape index (κ2) is 11.1. The van der Waals surface area contributed by atoms with Crippen LogP contribution in [-0.2, 0) is 18.4 Å². The minimum absolute atomic E-state index is 0.0986. The van der Waals surface area contributed by atoms with E-state index in [1.165, 1.54) is 19.3 Å². The molecule has 0 aliphatic heterocycles. The molecule has 170 valence electrons. The molecule has 2 aromatic heterocycles. The van der Waals surface area contributed by atoms with Gasteiger partial charge in [-0.1, -0.05) is 25.0 Å². The van der Waals surface area contributed by atoms with Gasteiger partial charge >= 0.3 is 6.09 Å². The summed E-state index contributed by atoms with van der Waals surface area (Å²) in [6.45, 7) is 7.43. The fourth-order valence-electron chi connectivity index (χ4n) is 3.85. The fourth-order valence-corrected chi connectivity index (χ4v) is 3.85. The third-order valence-corrected chi connectivity index (χ3v) is 5.82. The largest absolute Gasteiger partial charge is 0.489 e. The number of nitrogens with zero attached hydrogens (tertiary/aromatic N) is 5. The summed E-state index contributed by atoms with van der Waals surface area (Å²) in [6.07, 6.45) is 7.91. The standard InChI is InChI=1S/C23H35N5O3/c1-5-7-15-28(6-2)23(29)30-16-20-22(25-26-27(20)4)19-13-14-21(17(3)24-19)31-18-11-9-8-10-12-18/h13-14,18H,5-12,15-16H2,1-4H3. The van der Waals surface area contributed by atoms with E-state index < -0.39 is 0 Å². The van der Waals surface area contributed by atoms with Gasteiger partial charge in [0.05, 0.1) is 17.5 Å². The number of amides is 1.